The number of nitrogens with one attached hydrogen (secondary N) is 1. The molecule has 2 aromatic heterocycles. The number of nitrogens with zero attached hydrogens (tertiary/aromatic N) is 5. The molecular formula is C27H32N6O5. The van der Waals surface area contributed by atoms with Crippen molar-refractivity contribution in [3.05, 3.63) is 40.7 Å². The van der Waals surface area contributed by atoms with Gasteiger partial charge in [0.2, 0.25) is 0 Å². The van der Waals surface area contributed by atoms with E-state index >= 15 is 0 Å². The maximum Gasteiger partial charge on any atom is 0.328 e. The molecule has 0 aliphatic carbocycles. The Balaban J connectivity index is 1.32. The van der Waals surface area contributed by atoms with Crippen LogP contribution in [0.25, 0.3) is 0 Å². The van der Waals surface area contributed by atoms with E-state index in [2.05, 4.69) is 26.3 Å². The number of ether oxygens (including phenoxy) is 3. The van der Waals surface area contributed by atoms with Gasteiger partial charge in [0.1, 0.15) is 41.3 Å². The molecule has 200 valence electrons. The number of urea groups is 1. The summed E-state index contributed by atoms with van der Waals surface area (Å²) in [4.78, 5) is 38.3. The van der Waals surface area contributed by atoms with Crippen LogP contribution in [0.15, 0.2) is 18.3 Å². The zero-order chi connectivity index (χ0) is 26.5. The first-order valence-corrected chi connectivity index (χ1v) is 13.0. The molecule has 1 N–H and O–H groups in total. The summed E-state index contributed by atoms with van der Waals surface area (Å²) in [5, 5.41) is 12.1. The first-order valence-electron chi connectivity index (χ1n) is 13.0. The van der Waals surface area contributed by atoms with Gasteiger partial charge in [0, 0.05) is 19.7 Å². The van der Waals surface area contributed by atoms with E-state index in [0.29, 0.717) is 36.5 Å². The first-order chi connectivity index (χ1) is 18.6. The van der Waals surface area contributed by atoms with Crippen LogP contribution in [0.3, 0.4) is 0 Å². The Bertz CT molecular complexity index is 1220. The zero-order valence-electron chi connectivity index (χ0n) is 21.5. The van der Waals surface area contributed by atoms with Gasteiger partial charge in [0.05, 0.1) is 32.1 Å². The van der Waals surface area contributed by atoms with Gasteiger partial charge in [-0.25, -0.2) is 14.8 Å². The number of nitriles is 1. The van der Waals surface area contributed by atoms with Crippen molar-refractivity contribution in [2.24, 2.45) is 0 Å². The second-order valence-electron chi connectivity index (χ2n) is 9.77. The molecule has 0 bridgehead atoms. The fourth-order valence-corrected chi connectivity index (χ4v) is 5.28. The zero-order valence-corrected chi connectivity index (χ0v) is 21.5. The predicted molar refractivity (Wildman–Crippen MR) is 139 cm³/mol. The highest BCUT2D eigenvalue weighted by molar-refractivity contribution is 6.01. The smallest absolute Gasteiger partial charge is 0.328 e. The van der Waals surface area contributed by atoms with Gasteiger partial charge < -0.3 is 14.2 Å². The molecule has 38 heavy (non-hydrogen) atoms. The van der Waals surface area contributed by atoms with Crippen LogP contribution < -0.4 is 15.0 Å². The van der Waals surface area contributed by atoms with Crippen molar-refractivity contribution in [2.45, 2.75) is 37.6 Å². The quantitative estimate of drug-likeness (QED) is 0.412. The predicted octanol–water partition coefficient (Wildman–Crippen LogP) is 2.75. The fraction of sp³-hybridized carbons (Fsp3) is 0.519. The van der Waals surface area contributed by atoms with Gasteiger partial charge in [-0.1, -0.05) is 0 Å². The highest BCUT2D eigenvalue weighted by Gasteiger charge is 2.32. The van der Waals surface area contributed by atoms with E-state index in [0.717, 1.165) is 69.4 Å². The minimum absolute atomic E-state index is 0.254. The van der Waals surface area contributed by atoms with Crippen LogP contribution in [0.1, 0.15) is 52.4 Å². The summed E-state index contributed by atoms with van der Waals surface area (Å²) in [5.74, 6) is 1.35. The topological polar surface area (TPSA) is 130 Å². The number of rotatable bonds is 8. The third-order valence-corrected chi connectivity index (χ3v) is 7.45. The summed E-state index contributed by atoms with van der Waals surface area (Å²) in [6.07, 6.45) is 5.69. The van der Waals surface area contributed by atoms with E-state index in [9.17, 15) is 14.9 Å². The number of hydrogen-bond donors (Lipinski definition) is 1. The highest BCUT2D eigenvalue weighted by Crippen LogP contribution is 2.35. The molecule has 5 heterocycles. The van der Waals surface area contributed by atoms with Crippen molar-refractivity contribution in [1.82, 2.24) is 14.9 Å². The van der Waals surface area contributed by atoms with Crippen molar-refractivity contribution >= 4 is 24.0 Å². The molecule has 0 aromatic carbocycles. The third kappa shape index (κ3) is 5.48. The lowest BCUT2D eigenvalue weighted by Gasteiger charge is -2.41. The molecule has 11 nitrogen and oxygen atoms in total. The Morgan fingerprint density at radius 2 is 2.08 bits per heavy atom. The maximum atomic E-state index is 13.3. The Morgan fingerprint density at radius 3 is 2.76 bits per heavy atom. The van der Waals surface area contributed by atoms with Gasteiger partial charge in [-0.3, -0.25) is 19.9 Å². The number of aryl methyl sites for hydroxylation is 1. The Kier molecular flexibility index (Phi) is 8.12. The average molecular weight is 521 g/mol. The average Bonchev–Trinajstić information content (AvgIpc) is 2.91. The van der Waals surface area contributed by atoms with Crippen molar-refractivity contribution in [3.63, 3.8) is 0 Å². The van der Waals surface area contributed by atoms with E-state index in [1.807, 2.05) is 6.07 Å². The van der Waals surface area contributed by atoms with E-state index < -0.39 is 6.03 Å². The number of amides is 2. The molecule has 0 atom stereocenters. The van der Waals surface area contributed by atoms with Gasteiger partial charge in [-0.05, 0) is 61.9 Å². The summed E-state index contributed by atoms with van der Waals surface area (Å²) < 4.78 is 15.9. The molecule has 2 amide bonds. The van der Waals surface area contributed by atoms with Crippen LogP contribution in [0, 0.1) is 11.3 Å². The van der Waals surface area contributed by atoms with Crippen LogP contribution in [0.4, 0.5) is 16.4 Å². The fourth-order valence-electron chi connectivity index (χ4n) is 5.28. The normalized spacial score (nSPS) is 18.3. The second kappa shape index (κ2) is 11.9. The van der Waals surface area contributed by atoms with Crippen molar-refractivity contribution in [1.29, 1.82) is 5.26 Å². The lowest BCUT2D eigenvalue weighted by molar-refractivity contribution is -0.0712. The summed E-state index contributed by atoms with van der Waals surface area (Å²) in [5.41, 5.74) is 2.62. The van der Waals surface area contributed by atoms with Crippen LogP contribution >= 0.6 is 0 Å². The number of hydrogen-bond acceptors (Lipinski definition) is 9. The number of aldehydes is 1. The molecule has 0 spiro atoms. The summed E-state index contributed by atoms with van der Waals surface area (Å²) in [6, 6.07) is 5.76. The molecule has 2 aromatic rings. The van der Waals surface area contributed by atoms with E-state index in [1.165, 1.54) is 12.3 Å². The number of pyridine rings is 2. The van der Waals surface area contributed by atoms with Gasteiger partial charge in [0.15, 0.2) is 6.29 Å². The molecule has 3 aliphatic rings. The van der Waals surface area contributed by atoms with Crippen LogP contribution in [0.5, 0.6) is 5.75 Å². The van der Waals surface area contributed by atoms with Gasteiger partial charge >= 0.3 is 6.03 Å². The second-order valence-corrected chi connectivity index (χ2v) is 9.77. The van der Waals surface area contributed by atoms with E-state index in [4.69, 9.17) is 14.2 Å². The lowest BCUT2D eigenvalue weighted by atomic mass is 9.86. The van der Waals surface area contributed by atoms with Gasteiger partial charge in [0.25, 0.3) is 0 Å². The number of carbonyl (C=O) groups excluding carboxylic acids is 2. The van der Waals surface area contributed by atoms with Gasteiger partial charge in [-0.2, -0.15) is 5.26 Å². The Morgan fingerprint density at radius 1 is 1.26 bits per heavy atom. The molecule has 3 aliphatic heterocycles. The molecule has 2 fully saturated rings. The van der Waals surface area contributed by atoms with Crippen LogP contribution in [0.2, 0.25) is 0 Å². The molecule has 2 saturated heterocycles. The number of carbonyl (C=O) groups is 2. The number of aromatic nitrogens is 2. The minimum atomic E-state index is -0.404. The maximum absolute atomic E-state index is 13.3. The monoisotopic (exact) mass is 520 g/mol. The van der Waals surface area contributed by atoms with Crippen molar-refractivity contribution < 1.29 is 23.8 Å². The highest BCUT2D eigenvalue weighted by atomic mass is 16.5. The standard InChI is InChI=1S/C27H32N6O5/c1-36-9-10-38-24-12-25(29-14-20(24)13-28)31-27(35)33-6-2-3-19-11-22(23(15-34)30-26(19)33)18-4-7-32(8-5-18)21-16-37-17-21/h11-12,14-15,18,21H,2-10,16-17H2,1H3,(H,29,31,35). The Labute approximate surface area is 221 Å². The first kappa shape index (κ1) is 26.0. The van der Waals surface area contributed by atoms with E-state index in [-0.39, 0.29) is 23.9 Å². The minimum Gasteiger partial charge on any atom is -0.490 e. The summed E-state index contributed by atoms with van der Waals surface area (Å²) in [6.45, 7) is 4.68. The molecular weight excluding hydrogens is 488 g/mol. The molecule has 0 saturated carbocycles. The third-order valence-electron chi connectivity index (χ3n) is 7.45. The summed E-state index contributed by atoms with van der Waals surface area (Å²) in [7, 11) is 1.56. The number of piperidine rings is 1. The number of fused-ring (bicyclic) bond motifs is 1. The number of anilines is 2. The van der Waals surface area contributed by atoms with Gasteiger partial charge in [-0.15, -0.1) is 0 Å². The molecule has 0 radical (unpaired) electrons. The van der Waals surface area contributed by atoms with Crippen molar-refractivity contribution in [2.75, 3.05) is 63.4 Å². The number of methoxy groups -OCH3 is 1. The number of likely N-dealkylation sites (tertiary alicyclic amines) is 1. The molecule has 5 rings (SSSR count). The Hall–Kier alpha value is -3.59. The summed E-state index contributed by atoms with van der Waals surface area (Å²) >= 11 is 0. The van der Waals surface area contributed by atoms with Crippen molar-refractivity contribution in [3.8, 4) is 11.8 Å². The largest absolute Gasteiger partial charge is 0.490 e. The van der Waals surface area contributed by atoms with Crippen LogP contribution in [-0.4, -0.2) is 86.4 Å². The van der Waals surface area contributed by atoms with E-state index in [1.54, 1.807) is 12.0 Å². The SMILES string of the molecule is COCCOc1cc(NC(=O)N2CCCc3cc(C4CCN(C5COC5)CC4)c(C=O)nc32)ncc1C#N. The van der Waals surface area contributed by atoms with Crippen LogP contribution in [-0.2, 0) is 15.9 Å². The molecule has 0 unspecified atom stereocenters. The lowest BCUT2D eigenvalue weighted by Crippen LogP contribution is -2.51. The molecule has 11 heteroatoms.